The van der Waals surface area contributed by atoms with Gasteiger partial charge in [-0.25, -0.2) is 9.97 Å². The van der Waals surface area contributed by atoms with Crippen molar-refractivity contribution < 1.29 is 23.9 Å². The number of imidazole rings is 2. The summed E-state index contributed by atoms with van der Waals surface area (Å²) in [6.45, 7) is 5.07. The normalized spacial score (nSPS) is 11.4. The summed E-state index contributed by atoms with van der Waals surface area (Å²) < 4.78 is 17.2. The Hall–Kier alpha value is -6.71. The third-order valence-electron chi connectivity index (χ3n) is 8.37. The summed E-state index contributed by atoms with van der Waals surface area (Å²) >= 11 is 0. The van der Waals surface area contributed by atoms with E-state index in [1.54, 1.807) is 66.0 Å². The zero-order valence-corrected chi connectivity index (χ0v) is 29.2. The molecule has 0 aliphatic carbocycles. The number of nitrogens with two attached hydrogens (primary N) is 2. The van der Waals surface area contributed by atoms with Gasteiger partial charge in [0.25, 0.3) is 5.91 Å². The molecule has 6 aromatic rings. The molecule has 16 heteroatoms. The molecule has 2 amide bonds. The van der Waals surface area contributed by atoms with Gasteiger partial charge in [0.05, 0.1) is 42.3 Å². The number of amides is 2. The number of nitrogens with zero attached hydrogens (tertiary/aromatic N) is 7. The lowest BCUT2D eigenvalue weighted by molar-refractivity contribution is 0.0995. The molecule has 2 aromatic carbocycles. The maximum absolute atomic E-state index is 13.6. The molecule has 0 saturated heterocycles. The van der Waals surface area contributed by atoms with Crippen LogP contribution in [0.15, 0.2) is 60.8 Å². The number of hydrogen-bond donors (Lipinski definition) is 4. The minimum atomic E-state index is -0.655. The van der Waals surface area contributed by atoms with E-state index in [-0.39, 0.29) is 24.7 Å². The van der Waals surface area contributed by atoms with Gasteiger partial charge in [0.15, 0.2) is 0 Å². The molecule has 0 aliphatic rings. The Morgan fingerprint density at radius 2 is 1.67 bits per heavy atom. The highest BCUT2D eigenvalue weighted by Gasteiger charge is 2.22. The lowest BCUT2D eigenvalue weighted by Gasteiger charge is -2.13. The molecule has 6 N–H and O–H groups in total. The van der Waals surface area contributed by atoms with E-state index in [9.17, 15) is 14.4 Å². The summed E-state index contributed by atoms with van der Waals surface area (Å²) in [6.07, 6.45) is 6.65. The summed E-state index contributed by atoms with van der Waals surface area (Å²) in [7, 11) is 3.30. The number of nitrogens with one attached hydrogen (secondary N) is 2. The second-order valence-corrected chi connectivity index (χ2v) is 11.9. The van der Waals surface area contributed by atoms with Crippen LogP contribution < -0.4 is 31.6 Å². The first kappa shape index (κ1) is 35.1. The molecular formula is C36H39N11O5. The van der Waals surface area contributed by atoms with Gasteiger partial charge in [0, 0.05) is 49.9 Å². The predicted molar refractivity (Wildman–Crippen MR) is 197 cm³/mol. The molecule has 4 aromatic heterocycles. The first-order valence-electron chi connectivity index (χ1n) is 16.5. The van der Waals surface area contributed by atoms with Crippen molar-refractivity contribution >= 4 is 57.8 Å². The lowest BCUT2D eigenvalue weighted by Crippen LogP contribution is -2.20. The smallest absolute Gasteiger partial charge is 0.276 e. The van der Waals surface area contributed by atoms with Crippen molar-refractivity contribution in [3.8, 4) is 11.5 Å². The van der Waals surface area contributed by atoms with Crippen LogP contribution in [-0.2, 0) is 26.1 Å². The number of carbonyl (C=O) groups is 3. The lowest BCUT2D eigenvalue weighted by atomic mass is 10.1. The molecule has 0 spiro atoms. The summed E-state index contributed by atoms with van der Waals surface area (Å²) in [5, 5.41) is 10.5. The van der Waals surface area contributed by atoms with Gasteiger partial charge in [0.2, 0.25) is 17.8 Å². The van der Waals surface area contributed by atoms with E-state index >= 15 is 0 Å². The van der Waals surface area contributed by atoms with E-state index in [1.807, 2.05) is 36.6 Å². The number of primary amides is 1. The van der Waals surface area contributed by atoms with Crippen LogP contribution in [0.2, 0.25) is 0 Å². The minimum Gasteiger partial charge on any atom is -0.494 e. The van der Waals surface area contributed by atoms with Gasteiger partial charge in [-0.3, -0.25) is 29.4 Å². The number of methoxy groups -OCH3 is 1. The van der Waals surface area contributed by atoms with Crippen LogP contribution in [0.1, 0.15) is 49.5 Å². The number of carbonyl (C=O) groups excluding carboxylic acids is 3. The molecule has 0 aliphatic heterocycles. The van der Waals surface area contributed by atoms with Gasteiger partial charge in [-0.1, -0.05) is 12.2 Å². The third-order valence-corrected chi connectivity index (χ3v) is 8.37. The second-order valence-electron chi connectivity index (χ2n) is 11.9. The zero-order chi connectivity index (χ0) is 36.9. The zero-order valence-electron chi connectivity index (χ0n) is 29.2. The first-order valence-corrected chi connectivity index (χ1v) is 16.5. The Bertz CT molecular complexity index is 2320. The average Bonchev–Trinajstić information content (AvgIpc) is 3.82. The van der Waals surface area contributed by atoms with E-state index in [2.05, 4.69) is 25.7 Å². The number of aryl methyl sites for hydroxylation is 2. The number of aromatic nitrogens is 7. The topological polar surface area (TPSA) is 212 Å². The van der Waals surface area contributed by atoms with Crippen molar-refractivity contribution in [2.45, 2.75) is 39.9 Å². The highest BCUT2D eigenvalue weighted by molar-refractivity contribution is 6.04. The Morgan fingerprint density at radius 1 is 0.962 bits per heavy atom. The summed E-state index contributed by atoms with van der Waals surface area (Å²) in [6, 6.07) is 11.8. The molecule has 0 saturated carbocycles. The number of rotatable bonds is 15. The summed E-state index contributed by atoms with van der Waals surface area (Å²) in [4.78, 5) is 51.2. The molecule has 0 radical (unpaired) electrons. The maximum Gasteiger partial charge on any atom is 0.276 e. The number of hydrogen-bond acceptors (Lipinski definition) is 11. The number of nitrogen functional groups attached to an aromatic ring is 1. The first-order chi connectivity index (χ1) is 25.1. The molecule has 16 nitrogen and oxygen atoms in total. The van der Waals surface area contributed by atoms with Gasteiger partial charge < -0.3 is 35.4 Å². The number of benzene rings is 2. The minimum absolute atomic E-state index is 0.198. The van der Waals surface area contributed by atoms with Crippen LogP contribution in [-0.4, -0.2) is 72.7 Å². The van der Waals surface area contributed by atoms with E-state index in [1.165, 1.54) is 0 Å². The third kappa shape index (κ3) is 7.12. The molecule has 0 fully saturated rings. The van der Waals surface area contributed by atoms with Crippen LogP contribution in [0.25, 0.3) is 22.1 Å². The highest BCUT2D eigenvalue weighted by atomic mass is 16.5. The van der Waals surface area contributed by atoms with Crippen molar-refractivity contribution in [1.82, 2.24) is 33.9 Å². The number of fused-ring (bicyclic) bond motifs is 2. The SMILES string of the molecule is CCn1nc(C)cc1C(=O)Nc1nc2cc(C(N)=O)cc(OCCc3ccc(N)cn3)c2n1C/C=C/Cn1c(NC)nc2cc(C=O)cc(OC)c21. The standard InChI is InChI=1S/C36H39N11O5/c1-5-47-28(14-21(2)44-47)34(50)43-36-42-27-17-23(33(38)49)18-30(52-13-10-25-9-8-24(37)19-40-25)32(27)46(36)12-7-6-11-45-31-26(41-35(45)39-3)15-22(20-48)16-29(31)51-4/h6-9,14-20H,5,10-13,37H2,1-4H3,(H2,38,49)(H,39,41)(H,42,43,50)/b7-6+. The maximum atomic E-state index is 13.6. The van der Waals surface area contributed by atoms with Crippen molar-refractivity contribution in [2.24, 2.45) is 5.73 Å². The Morgan fingerprint density at radius 3 is 2.33 bits per heavy atom. The van der Waals surface area contributed by atoms with Gasteiger partial charge >= 0.3 is 0 Å². The van der Waals surface area contributed by atoms with Gasteiger partial charge in [-0.2, -0.15) is 5.10 Å². The van der Waals surface area contributed by atoms with Gasteiger partial charge in [-0.05, 0) is 56.3 Å². The molecule has 0 bridgehead atoms. The number of allylic oxidation sites excluding steroid dienone is 2. The van der Waals surface area contributed by atoms with E-state index in [0.29, 0.717) is 76.1 Å². The Kier molecular flexibility index (Phi) is 10.2. The fraction of sp³-hybridized carbons (Fsp3) is 0.250. The fourth-order valence-electron chi connectivity index (χ4n) is 5.94. The monoisotopic (exact) mass is 705 g/mol. The predicted octanol–water partition coefficient (Wildman–Crippen LogP) is 3.98. The molecular weight excluding hydrogens is 666 g/mol. The number of anilines is 3. The van der Waals surface area contributed by atoms with Crippen LogP contribution in [0.4, 0.5) is 17.6 Å². The number of aldehydes is 1. The van der Waals surface area contributed by atoms with Crippen molar-refractivity contribution in [1.29, 1.82) is 0 Å². The van der Waals surface area contributed by atoms with Gasteiger partial charge in [0.1, 0.15) is 34.5 Å². The largest absolute Gasteiger partial charge is 0.494 e. The summed E-state index contributed by atoms with van der Waals surface area (Å²) in [5.74, 6) is 0.611. The van der Waals surface area contributed by atoms with Crippen LogP contribution in [0, 0.1) is 6.92 Å². The molecule has 6 rings (SSSR count). The van der Waals surface area contributed by atoms with Crippen LogP contribution in [0.3, 0.4) is 0 Å². The van der Waals surface area contributed by atoms with Crippen molar-refractivity contribution in [3.63, 3.8) is 0 Å². The number of pyridine rings is 1. The quantitative estimate of drug-likeness (QED) is 0.0886. The molecule has 268 valence electrons. The average molecular weight is 706 g/mol. The molecule has 0 atom stereocenters. The van der Waals surface area contributed by atoms with Crippen LogP contribution in [0.5, 0.6) is 11.5 Å². The van der Waals surface area contributed by atoms with E-state index in [4.69, 9.17) is 25.9 Å². The molecule has 0 unspecified atom stereocenters. The van der Waals surface area contributed by atoms with Gasteiger partial charge in [-0.15, -0.1) is 0 Å². The van der Waals surface area contributed by atoms with E-state index < -0.39 is 11.8 Å². The Balaban J connectivity index is 1.38. The summed E-state index contributed by atoms with van der Waals surface area (Å²) in [5.41, 5.74) is 16.8. The molecule has 52 heavy (non-hydrogen) atoms. The van der Waals surface area contributed by atoms with E-state index in [0.717, 1.165) is 17.5 Å². The Labute approximate surface area is 298 Å². The van der Waals surface area contributed by atoms with Crippen molar-refractivity contribution in [2.75, 3.05) is 37.1 Å². The molecule has 4 heterocycles. The second kappa shape index (κ2) is 15.0. The number of ether oxygens (including phenoxy) is 2. The van der Waals surface area contributed by atoms with Crippen molar-refractivity contribution in [3.05, 3.63) is 89.0 Å². The van der Waals surface area contributed by atoms with Crippen LogP contribution >= 0.6 is 0 Å². The highest BCUT2D eigenvalue weighted by Crippen LogP contribution is 2.32. The fourth-order valence-corrected chi connectivity index (χ4v) is 5.94.